The summed E-state index contributed by atoms with van der Waals surface area (Å²) >= 11 is 0. The maximum atomic E-state index is 13.0. The summed E-state index contributed by atoms with van der Waals surface area (Å²) in [6, 6.07) is 12.7. The Balaban J connectivity index is 1.64. The summed E-state index contributed by atoms with van der Waals surface area (Å²) in [7, 11) is 0. The van der Waals surface area contributed by atoms with Crippen molar-refractivity contribution in [1.82, 2.24) is 10.3 Å². The van der Waals surface area contributed by atoms with Crippen LogP contribution in [0.2, 0.25) is 0 Å². The fourth-order valence-electron chi connectivity index (χ4n) is 2.29. The fourth-order valence-corrected chi connectivity index (χ4v) is 2.29. The molecule has 0 radical (unpaired) electrons. The first kappa shape index (κ1) is 16.7. The monoisotopic (exact) mass is 340 g/mol. The van der Waals surface area contributed by atoms with Crippen LogP contribution in [0.1, 0.15) is 23.0 Å². The van der Waals surface area contributed by atoms with E-state index in [4.69, 9.17) is 9.15 Å². The number of hydrogen-bond acceptors (Lipinski definition) is 4. The molecular formula is C19H17FN2O3. The molecule has 0 atom stereocenters. The number of nitrogens with zero attached hydrogens (tertiary/aromatic N) is 1. The SMILES string of the molecule is CCOc1cc(CNC(=O)c2ccc(-c3ccc(F)cc3)o2)ccn1. The third-order valence-corrected chi connectivity index (χ3v) is 3.50. The van der Waals surface area contributed by atoms with Crippen LogP contribution in [0.4, 0.5) is 4.39 Å². The van der Waals surface area contributed by atoms with Gasteiger partial charge in [-0.05, 0) is 55.0 Å². The van der Waals surface area contributed by atoms with Crippen LogP contribution in [-0.2, 0) is 6.54 Å². The van der Waals surface area contributed by atoms with Gasteiger partial charge in [0.2, 0.25) is 5.88 Å². The summed E-state index contributed by atoms with van der Waals surface area (Å²) < 4.78 is 23.8. The minimum atomic E-state index is -0.330. The average Bonchev–Trinajstić information content (AvgIpc) is 3.11. The first-order chi connectivity index (χ1) is 12.2. The number of hydrogen-bond donors (Lipinski definition) is 1. The van der Waals surface area contributed by atoms with Gasteiger partial charge in [-0.15, -0.1) is 0 Å². The van der Waals surface area contributed by atoms with Crippen molar-refractivity contribution in [1.29, 1.82) is 0 Å². The fraction of sp³-hybridized carbons (Fsp3) is 0.158. The van der Waals surface area contributed by atoms with Crippen LogP contribution >= 0.6 is 0 Å². The van der Waals surface area contributed by atoms with Crippen molar-refractivity contribution < 1.29 is 18.3 Å². The van der Waals surface area contributed by atoms with Crippen molar-refractivity contribution >= 4 is 5.91 Å². The van der Waals surface area contributed by atoms with E-state index in [0.717, 1.165) is 5.56 Å². The Labute approximate surface area is 144 Å². The largest absolute Gasteiger partial charge is 0.478 e. The van der Waals surface area contributed by atoms with Gasteiger partial charge in [0.15, 0.2) is 5.76 Å². The molecule has 6 heteroatoms. The number of carbonyl (C=O) groups excluding carboxylic acids is 1. The Morgan fingerprint density at radius 3 is 2.76 bits per heavy atom. The van der Waals surface area contributed by atoms with Gasteiger partial charge in [-0.25, -0.2) is 9.37 Å². The molecule has 0 aliphatic heterocycles. The van der Waals surface area contributed by atoms with Crippen LogP contribution in [0.5, 0.6) is 5.88 Å². The maximum Gasteiger partial charge on any atom is 0.287 e. The van der Waals surface area contributed by atoms with E-state index in [2.05, 4.69) is 10.3 Å². The zero-order valence-electron chi connectivity index (χ0n) is 13.7. The number of furan rings is 1. The molecule has 1 N–H and O–H groups in total. The van der Waals surface area contributed by atoms with Crippen molar-refractivity contribution in [3.63, 3.8) is 0 Å². The lowest BCUT2D eigenvalue weighted by Crippen LogP contribution is -2.22. The summed E-state index contributed by atoms with van der Waals surface area (Å²) in [5.74, 6) is 0.567. The van der Waals surface area contributed by atoms with Gasteiger partial charge in [0.1, 0.15) is 11.6 Å². The minimum absolute atomic E-state index is 0.193. The van der Waals surface area contributed by atoms with Gasteiger partial charge in [-0.1, -0.05) is 0 Å². The number of aromatic nitrogens is 1. The van der Waals surface area contributed by atoms with Crippen LogP contribution in [0.3, 0.4) is 0 Å². The molecule has 1 amide bonds. The van der Waals surface area contributed by atoms with Gasteiger partial charge >= 0.3 is 0 Å². The summed E-state index contributed by atoms with van der Waals surface area (Å²) in [5, 5.41) is 2.78. The predicted molar refractivity (Wildman–Crippen MR) is 90.7 cm³/mol. The third-order valence-electron chi connectivity index (χ3n) is 3.50. The molecule has 3 aromatic rings. The number of pyridine rings is 1. The van der Waals surface area contributed by atoms with E-state index in [9.17, 15) is 9.18 Å². The molecule has 0 aliphatic rings. The smallest absolute Gasteiger partial charge is 0.287 e. The Morgan fingerprint density at radius 2 is 2.00 bits per heavy atom. The van der Waals surface area contributed by atoms with Crippen LogP contribution < -0.4 is 10.1 Å². The molecule has 3 rings (SSSR count). The van der Waals surface area contributed by atoms with Crippen LogP contribution in [0.25, 0.3) is 11.3 Å². The second-order valence-electron chi connectivity index (χ2n) is 5.29. The number of amides is 1. The third kappa shape index (κ3) is 4.23. The first-order valence-corrected chi connectivity index (χ1v) is 7.87. The number of carbonyl (C=O) groups is 1. The standard InChI is InChI=1S/C19H17FN2O3/c1-2-24-18-11-13(9-10-21-18)12-22-19(23)17-8-7-16(25-17)14-3-5-15(20)6-4-14/h3-11H,2,12H2,1H3,(H,22,23). The second kappa shape index (κ2) is 7.61. The van der Waals surface area contributed by atoms with E-state index in [0.29, 0.717) is 30.4 Å². The minimum Gasteiger partial charge on any atom is -0.478 e. The lowest BCUT2D eigenvalue weighted by Gasteiger charge is -2.06. The van der Waals surface area contributed by atoms with Crippen LogP contribution in [-0.4, -0.2) is 17.5 Å². The highest BCUT2D eigenvalue weighted by Crippen LogP contribution is 2.22. The first-order valence-electron chi connectivity index (χ1n) is 7.87. The quantitative estimate of drug-likeness (QED) is 0.741. The average molecular weight is 340 g/mol. The number of benzene rings is 1. The van der Waals surface area contributed by atoms with E-state index < -0.39 is 0 Å². The highest BCUT2D eigenvalue weighted by Gasteiger charge is 2.12. The van der Waals surface area contributed by atoms with Gasteiger partial charge < -0.3 is 14.5 Å². The van der Waals surface area contributed by atoms with Gasteiger partial charge in [0.05, 0.1) is 6.61 Å². The zero-order chi connectivity index (χ0) is 17.6. The molecule has 25 heavy (non-hydrogen) atoms. The molecule has 0 bridgehead atoms. The van der Waals surface area contributed by atoms with E-state index in [1.165, 1.54) is 12.1 Å². The number of nitrogens with one attached hydrogen (secondary N) is 1. The zero-order valence-corrected chi connectivity index (χ0v) is 13.7. The Kier molecular flexibility index (Phi) is 5.09. The molecule has 0 saturated heterocycles. The summed E-state index contributed by atoms with van der Waals surface area (Å²) in [5.41, 5.74) is 1.58. The molecule has 128 valence electrons. The van der Waals surface area contributed by atoms with Crippen molar-refractivity contribution in [2.75, 3.05) is 6.61 Å². The molecule has 0 saturated carbocycles. The van der Waals surface area contributed by atoms with Crippen molar-refractivity contribution in [2.45, 2.75) is 13.5 Å². The molecule has 2 heterocycles. The highest BCUT2D eigenvalue weighted by molar-refractivity contribution is 5.92. The normalized spacial score (nSPS) is 10.5. The van der Waals surface area contributed by atoms with Crippen LogP contribution in [0, 0.1) is 5.82 Å². The Hall–Kier alpha value is -3.15. The van der Waals surface area contributed by atoms with E-state index in [-0.39, 0.29) is 17.5 Å². The topological polar surface area (TPSA) is 64.4 Å². The Bertz CT molecular complexity index is 859. The maximum absolute atomic E-state index is 13.0. The van der Waals surface area contributed by atoms with E-state index in [1.807, 2.05) is 6.92 Å². The van der Waals surface area contributed by atoms with Crippen molar-refractivity contribution in [2.24, 2.45) is 0 Å². The summed E-state index contributed by atoms with van der Waals surface area (Å²) in [4.78, 5) is 16.3. The molecule has 0 spiro atoms. The second-order valence-corrected chi connectivity index (χ2v) is 5.29. The van der Waals surface area contributed by atoms with Crippen LogP contribution in [0.15, 0.2) is 59.1 Å². The molecular weight excluding hydrogens is 323 g/mol. The molecule has 5 nitrogen and oxygen atoms in total. The predicted octanol–water partition coefficient (Wildman–Crippen LogP) is 3.81. The molecule has 0 aliphatic carbocycles. The van der Waals surface area contributed by atoms with Crippen molar-refractivity contribution in [3.8, 4) is 17.2 Å². The summed E-state index contributed by atoms with van der Waals surface area (Å²) in [6.07, 6.45) is 1.63. The molecule has 1 aromatic carbocycles. The van der Waals surface area contributed by atoms with E-state index >= 15 is 0 Å². The lowest BCUT2D eigenvalue weighted by atomic mass is 10.2. The highest BCUT2D eigenvalue weighted by atomic mass is 19.1. The van der Waals surface area contributed by atoms with Gasteiger partial charge in [-0.3, -0.25) is 4.79 Å². The van der Waals surface area contributed by atoms with E-state index in [1.54, 1.807) is 42.6 Å². The number of rotatable bonds is 6. The molecule has 0 unspecified atom stereocenters. The molecule has 2 aromatic heterocycles. The van der Waals surface area contributed by atoms with Gasteiger partial charge in [0.25, 0.3) is 5.91 Å². The lowest BCUT2D eigenvalue weighted by molar-refractivity contribution is 0.0924. The van der Waals surface area contributed by atoms with Gasteiger partial charge in [0, 0.05) is 24.4 Å². The number of halogens is 1. The van der Waals surface area contributed by atoms with Gasteiger partial charge in [-0.2, -0.15) is 0 Å². The summed E-state index contributed by atoms with van der Waals surface area (Å²) in [6.45, 7) is 2.74. The molecule has 0 fully saturated rings. The Morgan fingerprint density at radius 1 is 1.20 bits per heavy atom. The van der Waals surface area contributed by atoms with Crippen molar-refractivity contribution in [3.05, 3.63) is 71.9 Å². The number of ether oxygens (including phenoxy) is 1.